The van der Waals surface area contributed by atoms with Gasteiger partial charge in [0.1, 0.15) is 17.5 Å². The molecule has 3 rings (SSSR count). The molecule has 0 saturated carbocycles. The van der Waals surface area contributed by atoms with Gasteiger partial charge in [-0.25, -0.2) is 14.4 Å². The zero-order valence-corrected chi connectivity index (χ0v) is 11.7. The van der Waals surface area contributed by atoms with Crippen molar-refractivity contribution >= 4 is 11.6 Å². The Labute approximate surface area is 123 Å². The lowest BCUT2D eigenvalue weighted by atomic mass is 10.2. The molecule has 0 radical (unpaired) electrons. The number of rotatable bonds is 3. The summed E-state index contributed by atoms with van der Waals surface area (Å²) in [6.07, 6.45) is 3.05. The molecule has 5 nitrogen and oxygen atoms in total. The highest BCUT2D eigenvalue weighted by Crippen LogP contribution is 2.21. The molecule has 0 atom stereocenters. The fraction of sp³-hybridized carbons (Fsp3) is 0.333. The van der Waals surface area contributed by atoms with Crippen molar-refractivity contribution < 1.29 is 4.39 Å². The van der Waals surface area contributed by atoms with E-state index in [1.807, 2.05) is 18.2 Å². The molecule has 1 aliphatic rings. The lowest BCUT2D eigenvalue weighted by molar-refractivity contribution is 0.609. The van der Waals surface area contributed by atoms with E-state index >= 15 is 0 Å². The van der Waals surface area contributed by atoms with Gasteiger partial charge in [-0.15, -0.1) is 0 Å². The van der Waals surface area contributed by atoms with Crippen LogP contribution in [0.2, 0.25) is 0 Å². The number of aromatic nitrogens is 2. The van der Waals surface area contributed by atoms with Gasteiger partial charge in [-0.2, -0.15) is 0 Å². The minimum atomic E-state index is -0.341. The van der Waals surface area contributed by atoms with E-state index < -0.39 is 0 Å². The molecule has 0 aromatic carbocycles. The van der Waals surface area contributed by atoms with Crippen LogP contribution in [0.1, 0.15) is 5.56 Å². The van der Waals surface area contributed by atoms with Gasteiger partial charge in [-0.05, 0) is 18.2 Å². The van der Waals surface area contributed by atoms with Gasteiger partial charge in [-0.3, -0.25) is 0 Å². The van der Waals surface area contributed by atoms with Gasteiger partial charge in [0.25, 0.3) is 0 Å². The number of nitrogens with two attached hydrogens (primary N) is 1. The van der Waals surface area contributed by atoms with E-state index in [-0.39, 0.29) is 5.82 Å². The van der Waals surface area contributed by atoms with Crippen molar-refractivity contribution in [2.75, 3.05) is 36.0 Å². The van der Waals surface area contributed by atoms with E-state index in [1.54, 1.807) is 6.20 Å². The molecule has 0 bridgehead atoms. The van der Waals surface area contributed by atoms with Gasteiger partial charge >= 0.3 is 0 Å². The van der Waals surface area contributed by atoms with Crippen molar-refractivity contribution in [1.82, 2.24) is 9.97 Å². The summed E-state index contributed by atoms with van der Waals surface area (Å²) in [5, 5.41) is 0. The van der Waals surface area contributed by atoms with Crippen LogP contribution in [0.15, 0.2) is 36.7 Å². The van der Waals surface area contributed by atoms with Gasteiger partial charge in [0.15, 0.2) is 0 Å². The average Bonchev–Trinajstić information content (AvgIpc) is 2.56. The molecule has 3 heterocycles. The lowest BCUT2D eigenvalue weighted by Gasteiger charge is -2.36. The van der Waals surface area contributed by atoms with Crippen LogP contribution in [0, 0.1) is 5.82 Å². The first-order valence-corrected chi connectivity index (χ1v) is 7.03. The third kappa shape index (κ3) is 2.95. The molecule has 0 aliphatic carbocycles. The molecule has 2 N–H and O–H groups in total. The summed E-state index contributed by atoms with van der Waals surface area (Å²) in [7, 11) is 0. The number of nitrogens with zero attached hydrogens (tertiary/aromatic N) is 4. The zero-order valence-electron chi connectivity index (χ0n) is 11.7. The summed E-state index contributed by atoms with van der Waals surface area (Å²) in [6.45, 7) is 3.66. The van der Waals surface area contributed by atoms with Gasteiger partial charge in [0, 0.05) is 44.5 Å². The minimum Gasteiger partial charge on any atom is -0.353 e. The van der Waals surface area contributed by atoms with Crippen LogP contribution in [0.5, 0.6) is 0 Å². The summed E-state index contributed by atoms with van der Waals surface area (Å²) in [5.74, 6) is 1.44. The third-order valence-electron chi connectivity index (χ3n) is 3.68. The van der Waals surface area contributed by atoms with Gasteiger partial charge in [0.05, 0.1) is 6.20 Å². The monoisotopic (exact) mass is 287 g/mol. The smallest absolute Gasteiger partial charge is 0.141 e. The van der Waals surface area contributed by atoms with Crippen LogP contribution in [0.25, 0.3) is 0 Å². The molecule has 1 fully saturated rings. The van der Waals surface area contributed by atoms with Crippen molar-refractivity contribution in [3.8, 4) is 0 Å². The molecule has 110 valence electrons. The molecule has 0 spiro atoms. The maximum Gasteiger partial charge on any atom is 0.141 e. The zero-order chi connectivity index (χ0) is 14.7. The molecule has 1 saturated heterocycles. The van der Waals surface area contributed by atoms with Gasteiger partial charge < -0.3 is 15.5 Å². The Morgan fingerprint density at radius 2 is 1.86 bits per heavy atom. The number of piperazine rings is 1. The molecular formula is C15H18FN5. The topological polar surface area (TPSA) is 58.3 Å². The second kappa shape index (κ2) is 6.05. The first-order chi connectivity index (χ1) is 10.3. The van der Waals surface area contributed by atoms with Crippen LogP contribution >= 0.6 is 0 Å². The summed E-state index contributed by atoms with van der Waals surface area (Å²) in [4.78, 5) is 13.0. The lowest BCUT2D eigenvalue weighted by Crippen LogP contribution is -2.47. The highest BCUT2D eigenvalue weighted by Gasteiger charge is 2.20. The maximum atomic E-state index is 13.2. The van der Waals surface area contributed by atoms with E-state index in [1.165, 1.54) is 12.3 Å². The Kier molecular flexibility index (Phi) is 3.96. The van der Waals surface area contributed by atoms with Crippen LogP contribution in [-0.4, -0.2) is 36.1 Å². The Morgan fingerprint density at radius 3 is 2.52 bits per heavy atom. The number of hydrogen-bond donors (Lipinski definition) is 1. The molecule has 1 aliphatic heterocycles. The van der Waals surface area contributed by atoms with E-state index in [2.05, 4.69) is 19.8 Å². The van der Waals surface area contributed by atoms with Crippen molar-refractivity contribution in [3.63, 3.8) is 0 Å². The molecule has 2 aromatic rings. The Bertz CT molecular complexity index is 596. The Hall–Kier alpha value is -2.21. The molecule has 2 aromatic heterocycles. The van der Waals surface area contributed by atoms with Crippen molar-refractivity contribution in [2.45, 2.75) is 6.54 Å². The van der Waals surface area contributed by atoms with Gasteiger partial charge in [0.2, 0.25) is 0 Å². The number of hydrogen-bond acceptors (Lipinski definition) is 5. The van der Waals surface area contributed by atoms with Crippen LogP contribution in [0.3, 0.4) is 0 Å². The molecule has 6 heteroatoms. The first kappa shape index (κ1) is 13.8. The summed E-state index contributed by atoms with van der Waals surface area (Å²) < 4.78 is 13.2. The number of anilines is 2. The summed E-state index contributed by atoms with van der Waals surface area (Å²) in [5.41, 5.74) is 6.44. The molecule has 21 heavy (non-hydrogen) atoms. The number of pyridine rings is 2. The number of halogens is 1. The maximum absolute atomic E-state index is 13.2. The highest BCUT2D eigenvalue weighted by atomic mass is 19.1. The highest BCUT2D eigenvalue weighted by molar-refractivity contribution is 5.49. The van der Waals surface area contributed by atoms with Crippen molar-refractivity contribution in [1.29, 1.82) is 0 Å². The van der Waals surface area contributed by atoms with Crippen LogP contribution < -0.4 is 15.5 Å². The predicted octanol–water partition coefficient (Wildman–Crippen LogP) is 1.40. The first-order valence-electron chi connectivity index (χ1n) is 7.03. The fourth-order valence-corrected chi connectivity index (χ4v) is 2.60. The quantitative estimate of drug-likeness (QED) is 0.925. The predicted molar refractivity (Wildman–Crippen MR) is 80.7 cm³/mol. The minimum absolute atomic E-state index is 0.292. The van der Waals surface area contributed by atoms with E-state index in [9.17, 15) is 4.39 Å². The second-order valence-electron chi connectivity index (χ2n) is 5.00. The fourth-order valence-electron chi connectivity index (χ4n) is 2.60. The van der Waals surface area contributed by atoms with Crippen molar-refractivity contribution in [3.05, 3.63) is 48.0 Å². The normalized spacial score (nSPS) is 15.3. The Balaban J connectivity index is 1.71. The molecular weight excluding hydrogens is 269 g/mol. The Morgan fingerprint density at radius 1 is 1.10 bits per heavy atom. The second-order valence-corrected chi connectivity index (χ2v) is 5.00. The van der Waals surface area contributed by atoms with Crippen LogP contribution in [-0.2, 0) is 6.54 Å². The largest absolute Gasteiger partial charge is 0.353 e. The standard InChI is InChI=1S/C15H18FN5/c16-13-9-12(10-17)15(19-11-13)21-7-5-20(6-8-21)14-3-1-2-4-18-14/h1-4,9,11H,5-8,10,17H2. The third-order valence-corrected chi connectivity index (χ3v) is 3.68. The SMILES string of the molecule is NCc1cc(F)cnc1N1CCN(c2ccccn2)CC1. The van der Waals surface area contributed by atoms with Gasteiger partial charge in [-0.1, -0.05) is 6.07 Å². The summed E-state index contributed by atoms with van der Waals surface area (Å²) in [6, 6.07) is 7.38. The van der Waals surface area contributed by atoms with E-state index in [4.69, 9.17) is 5.73 Å². The average molecular weight is 287 g/mol. The van der Waals surface area contributed by atoms with Crippen LogP contribution in [0.4, 0.5) is 16.0 Å². The van der Waals surface area contributed by atoms with E-state index in [0.717, 1.165) is 43.4 Å². The molecule has 0 unspecified atom stereocenters. The molecule has 0 amide bonds. The summed E-state index contributed by atoms with van der Waals surface area (Å²) >= 11 is 0. The van der Waals surface area contributed by atoms with E-state index in [0.29, 0.717) is 6.54 Å². The van der Waals surface area contributed by atoms with Crippen molar-refractivity contribution in [2.24, 2.45) is 5.73 Å².